The Morgan fingerprint density at radius 1 is 1.22 bits per heavy atom. The van der Waals surface area contributed by atoms with Crippen LogP contribution in [0.1, 0.15) is 49.4 Å². The molecule has 2 aromatic rings. The fraction of sp³-hybridized carbons (Fsp3) is 0.609. The van der Waals surface area contributed by atoms with Crippen molar-refractivity contribution in [3.63, 3.8) is 0 Å². The van der Waals surface area contributed by atoms with Crippen molar-refractivity contribution in [1.29, 1.82) is 0 Å². The summed E-state index contributed by atoms with van der Waals surface area (Å²) in [6.45, 7) is 1.93. The second kappa shape index (κ2) is 7.92. The van der Waals surface area contributed by atoms with Gasteiger partial charge in [-0.15, -0.1) is 0 Å². The van der Waals surface area contributed by atoms with Crippen molar-refractivity contribution in [1.82, 2.24) is 15.0 Å². The lowest BCUT2D eigenvalue weighted by molar-refractivity contribution is 0.143. The molecule has 0 amide bonds. The maximum Gasteiger partial charge on any atom is 0.145 e. The molecule has 2 aliphatic heterocycles. The second-order valence-electron chi connectivity index (χ2n) is 9.82. The Balaban J connectivity index is 1.30. The van der Waals surface area contributed by atoms with Crippen LogP contribution in [0, 0.1) is 11.8 Å². The van der Waals surface area contributed by atoms with E-state index in [0.717, 1.165) is 66.7 Å². The molecule has 1 saturated heterocycles. The largest absolute Gasteiger partial charge is 0.394 e. The minimum absolute atomic E-state index is 0.0803. The maximum absolute atomic E-state index is 12.7. The van der Waals surface area contributed by atoms with E-state index in [9.17, 15) is 9.32 Å². The van der Waals surface area contributed by atoms with Crippen molar-refractivity contribution in [2.45, 2.75) is 54.9 Å². The van der Waals surface area contributed by atoms with E-state index in [0.29, 0.717) is 28.5 Å². The fourth-order valence-corrected chi connectivity index (χ4v) is 7.54. The zero-order valence-electron chi connectivity index (χ0n) is 18.0. The Morgan fingerprint density at radius 3 is 2.56 bits per heavy atom. The number of aliphatic hydroxyl groups excluding tert-OH is 1. The third-order valence-electron chi connectivity index (χ3n) is 7.91. The first-order valence-electron chi connectivity index (χ1n) is 11.6. The standard InChI is InChI=1S/C23H28ClN5O2S/c24-17-9-25-21(26-10-17)19-15-2-3-16(19)12-29(11-15)18-8-14-4-7-32(31)20(14)22(27-18)28-23(13-30)5-1-6-23/h8-10,15-16,19,30H,1-7,11-13H2,(H,27,28)/t15?,16?,19?,32-/m1/s1. The Morgan fingerprint density at radius 2 is 1.94 bits per heavy atom. The molecule has 2 N–H and O–H groups in total. The van der Waals surface area contributed by atoms with Gasteiger partial charge in [-0.1, -0.05) is 11.6 Å². The summed E-state index contributed by atoms with van der Waals surface area (Å²) in [5.41, 5.74) is 0.822. The Bertz CT molecular complexity index is 1040. The van der Waals surface area contributed by atoms with Crippen LogP contribution in [0.5, 0.6) is 0 Å². The summed E-state index contributed by atoms with van der Waals surface area (Å²) >= 11 is 6.00. The van der Waals surface area contributed by atoms with Gasteiger partial charge in [-0.3, -0.25) is 4.21 Å². The summed E-state index contributed by atoms with van der Waals surface area (Å²) in [5, 5.41) is 14.1. The number of nitrogens with zero attached hydrogens (tertiary/aromatic N) is 4. The molecule has 2 aliphatic carbocycles. The number of halogens is 1. The molecule has 3 atom stereocenters. The lowest BCUT2D eigenvalue weighted by Gasteiger charge is -2.42. The van der Waals surface area contributed by atoms with Crippen LogP contribution in [0.15, 0.2) is 23.4 Å². The Labute approximate surface area is 195 Å². The SMILES string of the molecule is O=[S@@]1CCc2cc(N3CC4CCC(C3)C4c3ncc(Cl)cn3)nc(NC3(CO)CCC3)c21. The van der Waals surface area contributed by atoms with E-state index in [2.05, 4.69) is 26.3 Å². The zero-order chi connectivity index (χ0) is 21.9. The van der Waals surface area contributed by atoms with Crippen LogP contribution in [0.3, 0.4) is 0 Å². The summed E-state index contributed by atoms with van der Waals surface area (Å²) in [6.07, 6.45) is 9.51. The van der Waals surface area contributed by atoms with Gasteiger partial charge in [-0.25, -0.2) is 15.0 Å². The summed E-state index contributed by atoms with van der Waals surface area (Å²) in [4.78, 5) is 17.3. The fourth-order valence-electron chi connectivity index (χ4n) is 6.07. The van der Waals surface area contributed by atoms with Gasteiger partial charge in [0.05, 0.1) is 32.9 Å². The van der Waals surface area contributed by atoms with Crippen LogP contribution in [0.4, 0.5) is 11.6 Å². The average Bonchev–Trinajstić information content (AvgIpc) is 3.27. The smallest absolute Gasteiger partial charge is 0.145 e. The Kier molecular flexibility index (Phi) is 5.15. The second-order valence-corrected chi connectivity index (χ2v) is 11.8. The van der Waals surface area contributed by atoms with E-state index < -0.39 is 10.8 Å². The molecule has 2 bridgehead atoms. The highest BCUT2D eigenvalue weighted by Gasteiger charge is 2.45. The number of aryl methyl sites for hydroxylation is 1. The number of nitrogens with one attached hydrogen (secondary N) is 1. The van der Waals surface area contributed by atoms with Crippen LogP contribution in [0.2, 0.25) is 5.02 Å². The molecule has 170 valence electrons. The normalized spacial score (nSPS) is 30.1. The van der Waals surface area contributed by atoms with E-state index in [-0.39, 0.29) is 12.1 Å². The molecule has 7 nitrogen and oxygen atoms in total. The monoisotopic (exact) mass is 473 g/mol. The molecule has 9 heteroatoms. The van der Waals surface area contributed by atoms with Gasteiger partial charge < -0.3 is 15.3 Å². The topological polar surface area (TPSA) is 91.2 Å². The summed E-state index contributed by atoms with van der Waals surface area (Å²) in [5.74, 6) is 4.61. The predicted molar refractivity (Wildman–Crippen MR) is 125 cm³/mol. The summed E-state index contributed by atoms with van der Waals surface area (Å²) < 4.78 is 12.7. The lowest BCUT2D eigenvalue weighted by Crippen LogP contribution is -2.49. The van der Waals surface area contributed by atoms with E-state index >= 15 is 0 Å². The van der Waals surface area contributed by atoms with E-state index in [1.165, 1.54) is 12.8 Å². The molecular formula is C23H28ClN5O2S. The number of piperidine rings is 1. The van der Waals surface area contributed by atoms with Gasteiger partial charge >= 0.3 is 0 Å². The van der Waals surface area contributed by atoms with Crippen molar-refractivity contribution in [3.05, 3.63) is 34.9 Å². The van der Waals surface area contributed by atoms with Gasteiger partial charge in [0, 0.05) is 37.2 Å². The first kappa shape index (κ1) is 20.8. The van der Waals surface area contributed by atoms with Gasteiger partial charge in [-0.05, 0) is 62.0 Å². The van der Waals surface area contributed by atoms with Crippen molar-refractivity contribution in [2.75, 3.05) is 35.7 Å². The summed E-state index contributed by atoms with van der Waals surface area (Å²) in [7, 11) is -1.02. The van der Waals surface area contributed by atoms with Crippen LogP contribution in [0.25, 0.3) is 0 Å². The van der Waals surface area contributed by atoms with Gasteiger partial charge in [-0.2, -0.15) is 0 Å². The Hall–Kier alpha value is -1.77. The number of rotatable bonds is 5. The molecular weight excluding hydrogens is 446 g/mol. The third-order valence-corrected chi connectivity index (χ3v) is 9.59. The van der Waals surface area contributed by atoms with Gasteiger partial charge in [0.1, 0.15) is 17.5 Å². The van der Waals surface area contributed by atoms with E-state index in [1.807, 2.05) is 0 Å². The lowest BCUT2D eigenvalue weighted by atomic mass is 9.77. The number of anilines is 2. The molecule has 4 aliphatic rings. The average molecular weight is 474 g/mol. The van der Waals surface area contributed by atoms with Gasteiger partial charge in [0.25, 0.3) is 0 Å². The molecule has 2 saturated carbocycles. The minimum Gasteiger partial charge on any atom is -0.394 e. The number of aromatic nitrogens is 3. The molecule has 32 heavy (non-hydrogen) atoms. The first-order valence-corrected chi connectivity index (χ1v) is 13.3. The summed E-state index contributed by atoms with van der Waals surface area (Å²) in [6, 6.07) is 2.15. The molecule has 0 aromatic carbocycles. The maximum atomic E-state index is 12.7. The van der Waals surface area contributed by atoms with Crippen LogP contribution in [-0.4, -0.2) is 55.3 Å². The molecule has 2 aromatic heterocycles. The quantitative estimate of drug-likeness (QED) is 0.689. The number of fused-ring (bicyclic) bond motifs is 3. The molecule has 3 fully saturated rings. The molecule has 4 heterocycles. The molecule has 6 rings (SSSR count). The number of pyridine rings is 1. The van der Waals surface area contributed by atoms with Crippen molar-refractivity contribution in [2.24, 2.45) is 11.8 Å². The van der Waals surface area contributed by atoms with Crippen molar-refractivity contribution >= 4 is 34.0 Å². The van der Waals surface area contributed by atoms with E-state index in [1.54, 1.807) is 12.4 Å². The van der Waals surface area contributed by atoms with Crippen molar-refractivity contribution in [3.8, 4) is 0 Å². The van der Waals surface area contributed by atoms with E-state index in [4.69, 9.17) is 16.6 Å². The number of aliphatic hydroxyl groups is 1. The predicted octanol–water partition coefficient (Wildman–Crippen LogP) is 3.15. The van der Waals surface area contributed by atoms with Crippen LogP contribution < -0.4 is 10.2 Å². The molecule has 0 radical (unpaired) electrons. The molecule has 0 spiro atoms. The van der Waals surface area contributed by atoms with Gasteiger partial charge in [0.2, 0.25) is 0 Å². The van der Waals surface area contributed by atoms with Crippen LogP contribution in [-0.2, 0) is 17.2 Å². The highest BCUT2D eigenvalue weighted by molar-refractivity contribution is 7.85. The van der Waals surface area contributed by atoms with Crippen molar-refractivity contribution < 1.29 is 9.32 Å². The number of hydrogen-bond acceptors (Lipinski definition) is 7. The first-order chi connectivity index (χ1) is 15.5. The molecule has 2 unspecified atom stereocenters. The highest BCUT2D eigenvalue weighted by Crippen LogP contribution is 2.48. The highest BCUT2D eigenvalue weighted by atomic mass is 35.5. The van der Waals surface area contributed by atoms with Crippen LogP contribution >= 0.6 is 11.6 Å². The number of hydrogen-bond donors (Lipinski definition) is 2. The minimum atomic E-state index is -1.02. The third kappa shape index (κ3) is 3.42. The zero-order valence-corrected chi connectivity index (χ0v) is 19.5. The van der Waals surface area contributed by atoms with Gasteiger partial charge in [0.15, 0.2) is 0 Å².